The van der Waals surface area contributed by atoms with Gasteiger partial charge in [0.05, 0.1) is 22.8 Å². The molecule has 6 nitrogen and oxygen atoms in total. The van der Waals surface area contributed by atoms with E-state index in [9.17, 15) is 4.79 Å². The number of aryl methyl sites for hydroxylation is 2. The molecule has 0 unspecified atom stereocenters. The summed E-state index contributed by atoms with van der Waals surface area (Å²) in [7, 11) is 0. The van der Waals surface area contributed by atoms with Crippen LogP contribution >= 0.6 is 11.3 Å². The second kappa shape index (κ2) is 9.91. The Morgan fingerprint density at radius 1 is 1.06 bits per heavy atom. The Morgan fingerprint density at radius 3 is 2.57 bits per heavy atom. The zero-order chi connectivity index (χ0) is 24.5. The van der Waals surface area contributed by atoms with Crippen molar-refractivity contribution in [2.45, 2.75) is 46.7 Å². The molecule has 0 bridgehead atoms. The Bertz CT molecular complexity index is 1340. The van der Waals surface area contributed by atoms with Crippen LogP contribution in [0.1, 0.15) is 52.0 Å². The number of aromatic nitrogens is 3. The first-order valence-electron chi connectivity index (χ1n) is 12.4. The van der Waals surface area contributed by atoms with Crippen molar-refractivity contribution in [3.63, 3.8) is 0 Å². The first-order valence-corrected chi connectivity index (χ1v) is 13.2. The minimum Gasteiger partial charge on any atom is -0.337 e. The summed E-state index contributed by atoms with van der Waals surface area (Å²) in [5, 5.41) is 5.44. The smallest absolute Gasteiger partial charge is 0.254 e. The average molecular weight is 488 g/mol. The molecule has 0 atom stereocenters. The Labute approximate surface area is 211 Å². The molecule has 0 aliphatic carbocycles. The third-order valence-corrected chi connectivity index (χ3v) is 7.69. The van der Waals surface area contributed by atoms with Gasteiger partial charge in [-0.1, -0.05) is 30.3 Å². The number of pyridine rings is 1. The fourth-order valence-corrected chi connectivity index (χ4v) is 5.87. The molecule has 3 aromatic heterocycles. The fourth-order valence-electron chi connectivity index (χ4n) is 4.94. The molecule has 182 valence electrons. The number of carbonyl (C=O) groups excluding carboxylic acids is 1. The van der Waals surface area contributed by atoms with Crippen LogP contribution in [0.5, 0.6) is 0 Å². The number of hydrogen-bond donors (Lipinski definition) is 0. The van der Waals surface area contributed by atoms with Crippen molar-refractivity contribution in [2.24, 2.45) is 0 Å². The highest BCUT2D eigenvalue weighted by molar-refractivity contribution is 7.12. The topological polar surface area (TPSA) is 54.3 Å². The van der Waals surface area contributed by atoms with Crippen molar-refractivity contribution < 1.29 is 4.79 Å². The minimum absolute atomic E-state index is 0.0770. The van der Waals surface area contributed by atoms with Gasteiger partial charge in [0, 0.05) is 54.1 Å². The summed E-state index contributed by atoms with van der Waals surface area (Å²) in [6, 6.07) is 14.9. The van der Waals surface area contributed by atoms with E-state index in [4.69, 9.17) is 4.98 Å². The van der Waals surface area contributed by atoms with E-state index in [2.05, 4.69) is 74.1 Å². The molecule has 4 heterocycles. The van der Waals surface area contributed by atoms with E-state index in [0.717, 1.165) is 61.4 Å². The van der Waals surface area contributed by atoms with Crippen LogP contribution in [-0.2, 0) is 6.54 Å². The van der Waals surface area contributed by atoms with Gasteiger partial charge < -0.3 is 4.90 Å². The normalized spacial score (nSPS) is 15.2. The largest absolute Gasteiger partial charge is 0.337 e. The maximum absolute atomic E-state index is 13.9. The van der Waals surface area contributed by atoms with Gasteiger partial charge in [0.2, 0.25) is 0 Å². The first kappa shape index (κ1) is 23.7. The van der Waals surface area contributed by atoms with E-state index in [1.54, 1.807) is 11.3 Å². The number of nitrogens with zero attached hydrogens (tertiary/aromatic N) is 5. The predicted octanol–water partition coefficient (Wildman–Crippen LogP) is 5.71. The van der Waals surface area contributed by atoms with Crippen LogP contribution in [0.2, 0.25) is 0 Å². The van der Waals surface area contributed by atoms with Gasteiger partial charge in [-0.2, -0.15) is 5.10 Å². The lowest BCUT2D eigenvalue weighted by atomic mass is 10.1. The molecular formula is C28H33N5OS. The van der Waals surface area contributed by atoms with Crippen molar-refractivity contribution in [3.05, 3.63) is 69.5 Å². The summed E-state index contributed by atoms with van der Waals surface area (Å²) < 4.78 is 1.92. The second-order valence-electron chi connectivity index (χ2n) is 9.71. The van der Waals surface area contributed by atoms with Crippen LogP contribution in [0.3, 0.4) is 0 Å². The molecule has 1 aliphatic rings. The van der Waals surface area contributed by atoms with Crippen LogP contribution in [0.4, 0.5) is 0 Å². The number of carbonyl (C=O) groups is 1. The molecule has 0 spiro atoms. The van der Waals surface area contributed by atoms with E-state index in [-0.39, 0.29) is 11.9 Å². The van der Waals surface area contributed by atoms with Crippen LogP contribution in [0.25, 0.3) is 22.3 Å². The van der Waals surface area contributed by atoms with Gasteiger partial charge in [0.1, 0.15) is 0 Å². The highest BCUT2D eigenvalue weighted by Crippen LogP contribution is 2.33. The molecule has 1 fully saturated rings. The third kappa shape index (κ3) is 4.88. The maximum atomic E-state index is 13.9. The molecule has 5 rings (SSSR count). The van der Waals surface area contributed by atoms with Gasteiger partial charge in [-0.05, 0) is 51.8 Å². The number of rotatable bonds is 5. The van der Waals surface area contributed by atoms with Gasteiger partial charge in [-0.25, -0.2) is 9.67 Å². The lowest BCUT2D eigenvalue weighted by molar-refractivity contribution is 0.0763. The molecule has 35 heavy (non-hydrogen) atoms. The molecule has 1 aromatic carbocycles. The van der Waals surface area contributed by atoms with E-state index in [1.165, 1.54) is 15.3 Å². The maximum Gasteiger partial charge on any atom is 0.254 e. The third-order valence-electron chi connectivity index (χ3n) is 6.73. The Balaban J connectivity index is 1.46. The van der Waals surface area contributed by atoms with Crippen molar-refractivity contribution >= 4 is 28.3 Å². The molecule has 0 saturated carbocycles. The SMILES string of the molecule is Cc1cc(-c2cc(C(=O)N3CCCN(Cc4ccccc4)CC3)c3cnn(C(C)C)c3n2)c(C)s1. The summed E-state index contributed by atoms with van der Waals surface area (Å²) >= 11 is 1.76. The summed E-state index contributed by atoms with van der Waals surface area (Å²) in [5.41, 5.74) is 4.76. The lowest BCUT2D eigenvalue weighted by Gasteiger charge is -2.22. The second-order valence-corrected chi connectivity index (χ2v) is 11.2. The minimum atomic E-state index is 0.0770. The van der Waals surface area contributed by atoms with Crippen LogP contribution < -0.4 is 0 Å². The summed E-state index contributed by atoms with van der Waals surface area (Å²) in [5.74, 6) is 0.0770. The summed E-state index contributed by atoms with van der Waals surface area (Å²) in [6.07, 6.45) is 2.78. The quantitative estimate of drug-likeness (QED) is 0.362. The Morgan fingerprint density at radius 2 is 1.86 bits per heavy atom. The molecule has 1 amide bonds. The molecule has 7 heteroatoms. The van der Waals surface area contributed by atoms with Gasteiger partial charge in [0.15, 0.2) is 5.65 Å². The van der Waals surface area contributed by atoms with Crippen molar-refractivity contribution in [3.8, 4) is 11.3 Å². The summed E-state index contributed by atoms with van der Waals surface area (Å²) in [6.45, 7) is 12.7. The van der Waals surface area contributed by atoms with Gasteiger partial charge in [-0.3, -0.25) is 9.69 Å². The van der Waals surface area contributed by atoms with Crippen LogP contribution in [-0.4, -0.2) is 56.7 Å². The number of thiophene rings is 1. The predicted molar refractivity (Wildman–Crippen MR) is 143 cm³/mol. The van der Waals surface area contributed by atoms with Gasteiger partial charge >= 0.3 is 0 Å². The standard InChI is InChI=1S/C28H33N5OS/c1-19(2)33-27-25(17-29-33)24(16-26(30-27)23-15-20(3)35-21(23)4)28(34)32-12-8-11-31(13-14-32)18-22-9-6-5-7-10-22/h5-7,9-10,15-17,19H,8,11-14,18H2,1-4H3. The first-order chi connectivity index (χ1) is 16.9. The van der Waals surface area contributed by atoms with Crippen molar-refractivity contribution in [1.29, 1.82) is 0 Å². The van der Waals surface area contributed by atoms with E-state index >= 15 is 0 Å². The number of benzene rings is 1. The molecule has 1 saturated heterocycles. The number of hydrogen-bond acceptors (Lipinski definition) is 5. The number of fused-ring (bicyclic) bond motifs is 1. The van der Waals surface area contributed by atoms with Gasteiger partial charge in [-0.15, -0.1) is 11.3 Å². The lowest BCUT2D eigenvalue weighted by Crippen LogP contribution is -2.35. The number of amides is 1. The Hall–Kier alpha value is -3.03. The average Bonchev–Trinajstić information content (AvgIpc) is 3.34. The van der Waals surface area contributed by atoms with Crippen LogP contribution in [0.15, 0.2) is 48.7 Å². The molecular weight excluding hydrogens is 454 g/mol. The molecule has 0 N–H and O–H groups in total. The van der Waals surface area contributed by atoms with Gasteiger partial charge in [0.25, 0.3) is 5.91 Å². The molecule has 0 radical (unpaired) electrons. The highest BCUT2D eigenvalue weighted by atomic mass is 32.1. The zero-order valence-electron chi connectivity index (χ0n) is 21.0. The van der Waals surface area contributed by atoms with Crippen molar-refractivity contribution in [2.75, 3.05) is 26.2 Å². The molecule has 1 aliphatic heterocycles. The zero-order valence-corrected chi connectivity index (χ0v) is 21.8. The Kier molecular flexibility index (Phi) is 6.71. The summed E-state index contributed by atoms with van der Waals surface area (Å²) in [4.78, 5) is 25.9. The van der Waals surface area contributed by atoms with E-state index in [1.807, 2.05) is 21.8 Å². The van der Waals surface area contributed by atoms with E-state index in [0.29, 0.717) is 5.56 Å². The van der Waals surface area contributed by atoms with E-state index < -0.39 is 0 Å². The fraction of sp³-hybridized carbons (Fsp3) is 0.393. The van der Waals surface area contributed by atoms with Crippen LogP contribution in [0, 0.1) is 13.8 Å². The molecule has 4 aromatic rings. The highest BCUT2D eigenvalue weighted by Gasteiger charge is 2.25. The van der Waals surface area contributed by atoms with Crippen molar-refractivity contribution in [1.82, 2.24) is 24.6 Å². The monoisotopic (exact) mass is 487 g/mol.